The molecule has 3 N–H and O–H groups in total. The smallest absolute Gasteiger partial charge is 0.0478 e. The molecule has 4 heteroatoms. The van der Waals surface area contributed by atoms with E-state index in [1.54, 1.807) is 0 Å². The predicted octanol–water partition coefficient (Wildman–Crippen LogP) is 6.13. The molecule has 0 rings (SSSR count). The van der Waals surface area contributed by atoms with Crippen molar-refractivity contribution >= 4 is 0 Å². The monoisotopic (exact) mass is 427 g/mol. The highest BCUT2D eigenvalue weighted by molar-refractivity contribution is 4.62. The SMILES string of the molecule is CCCCCCCCCN(CCCCCCCCC)CCNCCCOCCCN. The van der Waals surface area contributed by atoms with Crippen LogP contribution in [0.1, 0.15) is 117 Å². The van der Waals surface area contributed by atoms with Crippen LogP contribution in [0.4, 0.5) is 0 Å². The highest BCUT2D eigenvalue weighted by Crippen LogP contribution is 2.10. The predicted molar refractivity (Wildman–Crippen MR) is 134 cm³/mol. The van der Waals surface area contributed by atoms with Crippen molar-refractivity contribution in [3.05, 3.63) is 0 Å². The molecule has 0 aliphatic rings. The van der Waals surface area contributed by atoms with E-state index in [1.165, 1.54) is 110 Å². The van der Waals surface area contributed by atoms with Crippen LogP contribution in [-0.4, -0.2) is 57.4 Å². The van der Waals surface area contributed by atoms with Crippen molar-refractivity contribution in [2.75, 3.05) is 52.5 Å². The number of nitrogens with zero attached hydrogens (tertiary/aromatic N) is 1. The highest BCUT2D eigenvalue weighted by Gasteiger charge is 2.05. The molecule has 0 fully saturated rings. The molecule has 0 aliphatic heterocycles. The lowest BCUT2D eigenvalue weighted by Crippen LogP contribution is -2.34. The third kappa shape index (κ3) is 24.1. The second-order valence-corrected chi connectivity index (χ2v) is 8.94. The van der Waals surface area contributed by atoms with Crippen molar-refractivity contribution in [1.29, 1.82) is 0 Å². The zero-order valence-electron chi connectivity index (χ0n) is 20.9. The number of hydrogen-bond acceptors (Lipinski definition) is 4. The molecule has 0 bridgehead atoms. The fraction of sp³-hybridized carbons (Fsp3) is 1.00. The molecule has 0 aromatic carbocycles. The summed E-state index contributed by atoms with van der Waals surface area (Å²) < 4.78 is 5.57. The molecule has 0 heterocycles. The number of unbranched alkanes of at least 4 members (excludes halogenated alkanes) is 12. The Morgan fingerprint density at radius 3 is 1.60 bits per heavy atom. The maximum Gasteiger partial charge on any atom is 0.0478 e. The van der Waals surface area contributed by atoms with Gasteiger partial charge in [0.05, 0.1) is 0 Å². The van der Waals surface area contributed by atoms with Crippen LogP contribution in [0.5, 0.6) is 0 Å². The van der Waals surface area contributed by atoms with Crippen LogP contribution in [-0.2, 0) is 4.74 Å². The number of nitrogens with one attached hydrogen (secondary N) is 1. The average molecular weight is 428 g/mol. The summed E-state index contributed by atoms with van der Waals surface area (Å²) in [6.07, 6.45) is 21.7. The van der Waals surface area contributed by atoms with Gasteiger partial charge in [0.1, 0.15) is 0 Å². The largest absolute Gasteiger partial charge is 0.381 e. The zero-order chi connectivity index (χ0) is 22.0. The summed E-state index contributed by atoms with van der Waals surface area (Å²) in [7, 11) is 0. The molecule has 0 amide bonds. The van der Waals surface area contributed by atoms with Crippen LogP contribution in [0.2, 0.25) is 0 Å². The Labute approximate surface area is 190 Å². The first-order valence-electron chi connectivity index (χ1n) is 13.6. The van der Waals surface area contributed by atoms with E-state index in [2.05, 4.69) is 24.1 Å². The third-order valence-corrected chi connectivity index (χ3v) is 5.90. The highest BCUT2D eigenvalue weighted by atomic mass is 16.5. The van der Waals surface area contributed by atoms with Gasteiger partial charge in [-0.2, -0.15) is 0 Å². The first-order valence-corrected chi connectivity index (χ1v) is 13.6. The van der Waals surface area contributed by atoms with E-state index in [0.717, 1.165) is 45.7 Å². The van der Waals surface area contributed by atoms with Gasteiger partial charge in [0.15, 0.2) is 0 Å². The van der Waals surface area contributed by atoms with Crippen LogP contribution in [0.25, 0.3) is 0 Å². The normalized spacial score (nSPS) is 11.6. The third-order valence-electron chi connectivity index (χ3n) is 5.90. The van der Waals surface area contributed by atoms with E-state index < -0.39 is 0 Å². The van der Waals surface area contributed by atoms with E-state index in [-0.39, 0.29) is 0 Å². The Hall–Kier alpha value is -0.160. The second-order valence-electron chi connectivity index (χ2n) is 8.94. The van der Waals surface area contributed by atoms with Gasteiger partial charge in [-0.1, -0.05) is 90.9 Å². The van der Waals surface area contributed by atoms with Gasteiger partial charge >= 0.3 is 0 Å². The lowest BCUT2D eigenvalue weighted by atomic mass is 10.1. The van der Waals surface area contributed by atoms with Gasteiger partial charge < -0.3 is 20.7 Å². The van der Waals surface area contributed by atoms with Gasteiger partial charge in [0, 0.05) is 26.3 Å². The minimum absolute atomic E-state index is 0.728. The lowest BCUT2D eigenvalue weighted by molar-refractivity contribution is 0.130. The van der Waals surface area contributed by atoms with Crippen LogP contribution < -0.4 is 11.1 Å². The molecular weight excluding hydrogens is 370 g/mol. The Morgan fingerprint density at radius 1 is 0.567 bits per heavy atom. The molecule has 0 atom stereocenters. The Morgan fingerprint density at radius 2 is 1.07 bits per heavy atom. The summed E-state index contributed by atoms with van der Waals surface area (Å²) in [4.78, 5) is 2.71. The molecular formula is C26H57N3O. The van der Waals surface area contributed by atoms with Crippen LogP contribution in [0.15, 0.2) is 0 Å². The average Bonchev–Trinajstić information content (AvgIpc) is 2.76. The van der Waals surface area contributed by atoms with Gasteiger partial charge in [0.25, 0.3) is 0 Å². The summed E-state index contributed by atoms with van der Waals surface area (Å²) >= 11 is 0. The molecule has 4 nitrogen and oxygen atoms in total. The summed E-state index contributed by atoms with van der Waals surface area (Å²) in [5.41, 5.74) is 5.48. The number of hydrogen-bond donors (Lipinski definition) is 2. The van der Waals surface area contributed by atoms with Crippen molar-refractivity contribution in [2.24, 2.45) is 5.73 Å². The first kappa shape index (κ1) is 29.8. The summed E-state index contributed by atoms with van der Waals surface area (Å²) in [5.74, 6) is 0. The molecule has 182 valence electrons. The topological polar surface area (TPSA) is 50.5 Å². The maximum absolute atomic E-state index is 5.57. The molecule has 0 aliphatic carbocycles. The van der Waals surface area contributed by atoms with Crippen molar-refractivity contribution < 1.29 is 4.74 Å². The quantitative estimate of drug-likeness (QED) is 0.163. The van der Waals surface area contributed by atoms with Crippen molar-refractivity contribution in [3.63, 3.8) is 0 Å². The van der Waals surface area contributed by atoms with Crippen LogP contribution in [0.3, 0.4) is 0 Å². The van der Waals surface area contributed by atoms with Gasteiger partial charge in [0.2, 0.25) is 0 Å². The summed E-state index contributed by atoms with van der Waals surface area (Å²) in [5, 5.41) is 3.61. The van der Waals surface area contributed by atoms with Gasteiger partial charge in [-0.05, 0) is 51.9 Å². The van der Waals surface area contributed by atoms with E-state index in [1.807, 2.05) is 0 Å². The standard InChI is InChI=1S/C26H57N3O/c1-3-5-7-9-11-13-15-22-29(23-16-14-12-10-8-6-4-2)24-21-28-20-18-26-30-25-17-19-27/h28H,3-27H2,1-2H3. The molecule has 0 saturated heterocycles. The summed E-state index contributed by atoms with van der Waals surface area (Å²) in [6.45, 7) is 12.9. The van der Waals surface area contributed by atoms with Crippen molar-refractivity contribution in [3.8, 4) is 0 Å². The van der Waals surface area contributed by atoms with Crippen molar-refractivity contribution in [2.45, 2.75) is 117 Å². The second kappa shape index (κ2) is 26.9. The lowest BCUT2D eigenvalue weighted by Gasteiger charge is -2.22. The molecule has 0 saturated carbocycles. The molecule has 0 aromatic rings. The molecule has 0 aromatic heterocycles. The van der Waals surface area contributed by atoms with Gasteiger partial charge in [-0.15, -0.1) is 0 Å². The number of nitrogens with two attached hydrogens (primary N) is 1. The first-order chi connectivity index (χ1) is 14.8. The van der Waals surface area contributed by atoms with E-state index in [9.17, 15) is 0 Å². The molecule has 0 spiro atoms. The number of rotatable bonds is 26. The minimum atomic E-state index is 0.728. The zero-order valence-corrected chi connectivity index (χ0v) is 20.9. The van der Waals surface area contributed by atoms with Crippen molar-refractivity contribution in [1.82, 2.24) is 10.2 Å². The molecule has 0 radical (unpaired) electrons. The Kier molecular flexibility index (Phi) is 26.7. The fourth-order valence-corrected chi connectivity index (χ4v) is 3.87. The summed E-state index contributed by atoms with van der Waals surface area (Å²) in [6, 6.07) is 0. The maximum atomic E-state index is 5.57. The fourth-order valence-electron chi connectivity index (χ4n) is 3.87. The van der Waals surface area contributed by atoms with Gasteiger partial charge in [-0.25, -0.2) is 0 Å². The van der Waals surface area contributed by atoms with Crippen LogP contribution >= 0.6 is 0 Å². The van der Waals surface area contributed by atoms with Crippen LogP contribution in [0, 0.1) is 0 Å². The number of ether oxygens (including phenoxy) is 1. The van der Waals surface area contributed by atoms with E-state index in [0.29, 0.717) is 0 Å². The molecule has 0 unspecified atom stereocenters. The molecule has 30 heavy (non-hydrogen) atoms. The van der Waals surface area contributed by atoms with Gasteiger partial charge in [-0.3, -0.25) is 0 Å². The van der Waals surface area contributed by atoms with E-state index >= 15 is 0 Å². The van der Waals surface area contributed by atoms with E-state index in [4.69, 9.17) is 10.5 Å². The Balaban J connectivity index is 3.80. The minimum Gasteiger partial charge on any atom is -0.381 e. The Bertz CT molecular complexity index is 284.